The molecular weight excluding hydrogens is 148 g/mol. The zero-order valence-electron chi connectivity index (χ0n) is 5.76. The van der Waals surface area contributed by atoms with Crippen molar-refractivity contribution in [2.75, 3.05) is 6.61 Å². The third kappa shape index (κ3) is 0.739. The van der Waals surface area contributed by atoms with Gasteiger partial charge < -0.3 is 5.11 Å². The van der Waals surface area contributed by atoms with E-state index in [1.807, 2.05) is 0 Å². The van der Waals surface area contributed by atoms with Crippen LogP contribution in [0.1, 0.15) is 12.8 Å². The van der Waals surface area contributed by atoms with Crippen LogP contribution in [0.25, 0.3) is 0 Å². The van der Waals surface area contributed by atoms with Gasteiger partial charge in [0, 0.05) is 0 Å². The Morgan fingerprint density at radius 2 is 2.40 bits per heavy atom. The number of aliphatic hydroxyl groups excluding tert-OH is 1. The lowest BCUT2D eigenvalue weighted by Gasteiger charge is -2.25. The highest BCUT2D eigenvalue weighted by atomic mass is 35.5. The van der Waals surface area contributed by atoms with Gasteiger partial charge in [0.15, 0.2) is 0 Å². The molecule has 0 amide bonds. The summed E-state index contributed by atoms with van der Waals surface area (Å²) in [5, 5.41) is 8.98. The van der Waals surface area contributed by atoms with E-state index >= 15 is 0 Å². The monoisotopic (exact) mass is 158 g/mol. The van der Waals surface area contributed by atoms with Gasteiger partial charge in [0.05, 0.1) is 11.5 Å². The van der Waals surface area contributed by atoms with Crippen LogP contribution in [-0.4, -0.2) is 16.6 Å². The summed E-state index contributed by atoms with van der Waals surface area (Å²) in [6.07, 6.45) is 6.49. The minimum Gasteiger partial charge on any atom is -0.395 e. The molecule has 2 rings (SSSR count). The molecule has 2 heteroatoms. The SMILES string of the molecule is OC[C@@]1(Cl)C[C@@H]2C=C[C@H]1C2. The molecule has 10 heavy (non-hydrogen) atoms. The third-order valence-corrected chi connectivity index (χ3v) is 3.26. The van der Waals surface area contributed by atoms with Crippen LogP contribution in [0.15, 0.2) is 12.2 Å². The summed E-state index contributed by atoms with van der Waals surface area (Å²) >= 11 is 6.15. The first-order chi connectivity index (χ1) is 4.74. The van der Waals surface area contributed by atoms with Crippen molar-refractivity contribution in [1.29, 1.82) is 0 Å². The Hall–Kier alpha value is -0.0100. The van der Waals surface area contributed by atoms with Crippen LogP contribution < -0.4 is 0 Å². The van der Waals surface area contributed by atoms with E-state index in [1.165, 1.54) is 0 Å². The molecule has 1 fully saturated rings. The maximum Gasteiger partial charge on any atom is 0.0744 e. The van der Waals surface area contributed by atoms with E-state index in [0.29, 0.717) is 11.8 Å². The normalized spacial score (nSPS) is 50.6. The van der Waals surface area contributed by atoms with Crippen LogP contribution >= 0.6 is 11.6 Å². The predicted molar refractivity (Wildman–Crippen MR) is 41.0 cm³/mol. The minimum atomic E-state index is -0.306. The maximum atomic E-state index is 8.98. The number of rotatable bonds is 1. The zero-order valence-corrected chi connectivity index (χ0v) is 6.51. The average molecular weight is 159 g/mol. The second-order valence-electron chi connectivity index (χ2n) is 3.38. The number of hydrogen-bond acceptors (Lipinski definition) is 1. The van der Waals surface area contributed by atoms with Crippen LogP contribution in [0, 0.1) is 11.8 Å². The molecule has 0 spiro atoms. The minimum absolute atomic E-state index is 0.125. The maximum absolute atomic E-state index is 8.98. The third-order valence-electron chi connectivity index (χ3n) is 2.70. The molecule has 1 nitrogen and oxygen atoms in total. The van der Waals surface area contributed by atoms with Crippen LogP contribution in [0.2, 0.25) is 0 Å². The van der Waals surface area contributed by atoms with Crippen molar-refractivity contribution in [1.82, 2.24) is 0 Å². The molecule has 2 aliphatic carbocycles. The molecule has 0 saturated heterocycles. The largest absolute Gasteiger partial charge is 0.395 e. The summed E-state index contributed by atoms with van der Waals surface area (Å²) in [7, 11) is 0. The number of halogens is 1. The van der Waals surface area contributed by atoms with Crippen molar-refractivity contribution in [3.8, 4) is 0 Å². The Bertz CT molecular complexity index is 178. The molecule has 56 valence electrons. The van der Waals surface area contributed by atoms with Crippen molar-refractivity contribution in [2.45, 2.75) is 17.7 Å². The van der Waals surface area contributed by atoms with E-state index < -0.39 is 0 Å². The topological polar surface area (TPSA) is 20.2 Å². The van der Waals surface area contributed by atoms with E-state index in [4.69, 9.17) is 16.7 Å². The molecule has 3 atom stereocenters. The lowest BCUT2D eigenvalue weighted by atomic mass is 9.94. The summed E-state index contributed by atoms with van der Waals surface area (Å²) < 4.78 is 0. The van der Waals surface area contributed by atoms with Crippen molar-refractivity contribution in [3.63, 3.8) is 0 Å². The predicted octanol–water partition coefficient (Wildman–Crippen LogP) is 1.55. The highest BCUT2D eigenvalue weighted by molar-refractivity contribution is 6.24. The highest BCUT2D eigenvalue weighted by Crippen LogP contribution is 2.49. The number of allylic oxidation sites excluding steroid dienone is 2. The van der Waals surface area contributed by atoms with Crippen molar-refractivity contribution >= 4 is 11.6 Å². The fourth-order valence-electron chi connectivity index (χ4n) is 2.08. The molecule has 0 heterocycles. The first kappa shape index (κ1) is 6.68. The Morgan fingerprint density at radius 1 is 1.60 bits per heavy atom. The van der Waals surface area contributed by atoms with Gasteiger partial charge in [-0.25, -0.2) is 0 Å². The fourth-order valence-corrected chi connectivity index (χ4v) is 2.44. The first-order valence-corrected chi connectivity index (χ1v) is 4.10. The fraction of sp³-hybridized carbons (Fsp3) is 0.750. The van der Waals surface area contributed by atoms with Gasteiger partial charge in [-0.3, -0.25) is 0 Å². The Kier molecular flexibility index (Phi) is 1.33. The number of aliphatic hydroxyl groups is 1. The second-order valence-corrected chi connectivity index (χ2v) is 4.14. The van der Waals surface area contributed by atoms with Gasteiger partial charge in [0.2, 0.25) is 0 Å². The number of hydrogen-bond donors (Lipinski definition) is 1. The van der Waals surface area contributed by atoms with Crippen LogP contribution in [0.3, 0.4) is 0 Å². The molecule has 0 aromatic carbocycles. The summed E-state index contributed by atoms with van der Waals surface area (Å²) in [6, 6.07) is 0. The average Bonchev–Trinajstić information content (AvgIpc) is 2.46. The highest BCUT2D eigenvalue weighted by Gasteiger charge is 2.46. The lowest BCUT2D eigenvalue weighted by molar-refractivity contribution is 0.225. The van der Waals surface area contributed by atoms with Gasteiger partial charge in [-0.05, 0) is 24.7 Å². The molecule has 2 aliphatic rings. The summed E-state index contributed by atoms with van der Waals surface area (Å²) in [4.78, 5) is -0.306. The van der Waals surface area contributed by atoms with E-state index in [2.05, 4.69) is 12.2 Å². The molecule has 0 aromatic rings. The van der Waals surface area contributed by atoms with Crippen LogP contribution in [-0.2, 0) is 0 Å². The standard InChI is InChI=1S/C8H11ClO/c9-8(5-10)4-6-1-2-7(8)3-6/h1-2,6-7,10H,3-5H2/t6-,7+,8+/m1/s1. The first-order valence-electron chi connectivity index (χ1n) is 3.73. The molecule has 0 aliphatic heterocycles. The molecule has 0 radical (unpaired) electrons. The molecule has 0 aromatic heterocycles. The zero-order chi connectivity index (χ0) is 7.19. The second kappa shape index (κ2) is 1.99. The van der Waals surface area contributed by atoms with Gasteiger partial charge in [-0.2, -0.15) is 0 Å². The molecule has 2 bridgehead atoms. The van der Waals surface area contributed by atoms with Gasteiger partial charge >= 0.3 is 0 Å². The van der Waals surface area contributed by atoms with Gasteiger partial charge in [-0.15, -0.1) is 11.6 Å². The van der Waals surface area contributed by atoms with Crippen LogP contribution in [0.5, 0.6) is 0 Å². The van der Waals surface area contributed by atoms with Crippen molar-refractivity contribution in [2.24, 2.45) is 11.8 Å². The Morgan fingerprint density at radius 3 is 2.70 bits per heavy atom. The number of alkyl halides is 1. The van der Waals surface area contributed by atoms with E-state index in [9.17, 15) is 0 Å². The van der Waals surface area contributed by atoms with Crippen LogP contribution in [0.4, 0.5) is 0 Å². The molecule has 0 unspecified atom stereocenters. The Labute approximate surface area is 65.7 Å². The van der Waals surface area contributed by atoms with Gasteiger partial charge in [0.25, 0.3) is 0 Å². The van der Waals surface area contributed by atoms with E-state index in [-0.39, 0.29) is 11.5 Å². The van der Waals surface area contributed by atoms with Gasteiger partial charge in [0.1, 0.15) is 0 Å². The summed E-state index contributed by atoms with van der Waals surface area (Å²) in [6.45, 7) is 0.125. The summed E-state index contributed by atoms with van der Waals surface area (Å²) in [5.74, 6) is 1.08. The van der Waals surface area contributed by atoms with Crippen molar-refractivity contribution < 1.29 is 5.11 Å². The quantitative estimate of drug-likeness (QED) is 0.454. The number of fused-ring (bicyclic) bond motifs is 2. The molecule has 1 N–H and O–H groups in total. The smallest absolute Gasteiger partial charge is 0.0744 e. The van der Waals surface area contributed by atoms with Crippen molar-refractivity contribution in [3.05, 3.63) is 12.2 Å². The summed E-state index contributed by atoms with van der Waals surface area (Å²) in [5.41, 5.74) is 0. The molecular formula is C8H11ClO. The van der Waals surface area contributed by atoms with E-state index in [1.54, 1.807) is 0 Å². The van der Waals surface area contributed by atoms with E-state index in [0.717, 1.165) is 12.8 Å². The Balaban J connectivity index is 2.22. The van der Waals surface area contributed by atoms with Gasteiger partial charge in [-0.1, -0.05) is 12.2 Å². The molecule has 1 saturated carbocycles. The lowest BCUT2D eigenvalue weighted by Crippen LogP contribution is -2.30.